The minimum atomic E-state index is -0.693. The molecule has 1 aliphatic rings. The molecule has 0 aliphatic carbocycles. The van der Waals surface area contributed by atoms with E-state index in [1.165, 1.54) is 17.9 Å². The van der Waals surface area contributed by atoms with Crippen molar-refractivity contribution in [2.75, 3.05) is 24.6 Å². The van der Waals surface area contributed by atoms with Gasteiger partial charge in [0.2, 0.25) is 0 Å². The van der Waals surface area contributed by atoms with Gasteiger partial charge in [0, 0.05) is 19.1 Å². The second-order valence-electron chi connectivity index (χ2n) is 4.46. The summed E-state index contributed by atoms with van der Waals surface area (Å²) in [6.45, 7) is 6.04. The van der Waals surface area contributed by atoms with Gasteiger partial charge in [0.25, 0.3) is 0 Å². The number of aliphatic carboxylic acids is 1. The maximum Gasteiger partial charge on any atom is 0.304 e. The summed E-state index contributed by atoms with van der Waals surface area (Å²) in [4.78, 5) is 12.8. The molecule has 3 nitrogen and oxygen atoms in total. The Labute approximate surface area is 96.2 Å². The highest BCUT2D eigenvalue weighted by molar-refractivity contribution is 7.99. The number of carbonyl (C=O) groups is 1. The third-order valence-corrected chi connectivity index (χ3v) is 4.09. The van der Waals surface area contributed by atoms with Gasteiger partial charge >= 0.3 is 5.97 Å². The lowest BCUT2D eigenvalue weighted by Crippen LogP contribution is -2.37. The summed E-state index contributed by atoms with van der Waals surface area (Å²) < 4.78 is 0. The van der Waals surface area contributed by atoms with E-state index < -0.39 is 5.97 Å². The smallest absolute Gasteiger partial charge is 0.304 e. The molecule has 1 unspecified atom stereocenters. The normalized spacial score (nSPS) is 21.5. The lowest BCUT2D eigenvalue weighted by Gasteiger charge is -2.28. The van der Waals surface area contributed by atoms with Gasteiger partial charge in [0.05, 0.1) is 6.42 Å². The second kappa shape index (κ2) is 6.38. The zero-order valence-electron chi connectivity index (χ0n) is 9.61. The molecule has 0 aromatic heterocycles. The van der Waals surface area contributed by atoms with E-state index in [2.05, 4.69) is 18.7 Å². The number of nitrogens with zero attached hydrogens (tertiary/aromatic N) is 1. The van der Waals surface area contributed by atoms with Gasteiger partial charge in [0.15, 0.2) is 0 Å². The number of thioether (sulfide) groups is 1. The molecule has 1 heterocycles. The SMILES string of the molecule is CC(C)N(CCC(=O)O)CC1CCSC1. The Morgan fingerprint density at radius 2 is 2.33 bits per heavy atom. The predicted molar refractivity (Wildman–Crippen MR) is 64.4 cm³/mol. The molecule has 0 aromatic rings. The van der Waals surface area contributed by atoms with E-state index in [-0.39, 0.29) is 6.42 Å². The largest absolute Gasteiger partial charge is 0.481 e. The average molecular weight is 231 g/mol. The highest BCUT2D eigenvalue weighted by Crippen LogP contribution is 2.24. The van der Waals surface area contributed by atoms with Crippen molar-refractivity contribution in [2.24, 2.45) is 5.92 Å². The summed E-state index contributed by atoms with van der Waals surface area (Å²) in [5.74, 6) is 2.60. The molecular weight excluding hydrogens is 210 g/mol. The van der Waals surface area contributed by atoms with Gasteiger partial charge in [-0.25, -0.2) is 0 Å². The maximum atomic E-state index is 10.5. The summed E-state index contributed by atoms with van der Waals surface area (Å²) >= 11 is 2.02. The van der Waals surface area contributed by atoms with Gasteiger partial charge < -0.3 is 10.0 Å². The van der Waals surface area contributed by atoms with Crippen LogP contribution in [-0.4, -0.2) is 46.6 Å². The van der Waals surface area contributed by atoms with Gasteiger partial charge in [-0.2, -0.15) is 11.8 Å². The molecule has 1 fully saturated rings. The fourth-order valence-electron chi connectivity index (χ4n) is 1.86. The average Bonchev–Trinajstić information content (AvgIpc) is 2.63. The van der Waals surface area contributed by atoms with Crippen LogP contribution in [0.4, 0.5) is 0 Å². The van der Waals surface area contributed by atoms with Crippen molar-refractivity contribution < 1.29 is 9.90 Å². The van der Waals surface area contributed by atoms with Gasteiger partial charge in [-0.1, -0.05) is 0 Å². The third kappa shape index (κ3) is 4.89. The standard InChI is InChI=1S/C11H21NO2S/c1-9(2)12(5-3-11(13)14)7-10-4-6-15-8-10/h9-10H,3-8H2,1-2H3,(H,13,14). The molecule has 1 aliphatic heterocycles. The van der Waals surface area contributed by atoms with E-state index in [0.29, 0.717) is 12.6 Å². The van der Waals surface area contributed by atoms with Gasteiger partial charge in [-0.3, -0.25) is 4.79 Å². The molecule has 1 atom stereocenters. The number of carboxylic acid groups (broad SMARTS) is 1. The van der Waals surface area contributed by atoms with Crippen LogP contribution in [0.15, 0.2) is 0 Å². The fourth-order valence-corrected chi connectivity index (χ4v) is 3.13. The first kappa shape index (κ1) is 12.8. The van der Waals surface area contributed by atoms with E-state index in [1.54, 1.807) is 0 Å². The summed E-state index contributed by atoms with van der Waals surface area (Å²) in [6, 6.07) is 0.454. The minimum Gasteiger partial charge on any atom is -0.481 e. The maximum absolute atomic E-state index is 10.5. The van der Waals surface area contributed by atoms with Crippen LogP contribution in [0.1, 0.15) is 26.7 Å². The first-order chi connectivity index (χ1) is 7.09. The molecule has 0 aromatic carbocycles. The van der Waals surface area contributed by atoms with Crippen LogP contribution in [0, 0.1) is 5.92 Å². The van der Waals surface area contributed by atoms with Crippen LogP contribution in [0.5, 0.6) is 0 Å². The monoisotopic (exact) mass is 231 g/mol. The number of hydrogen-bond acceptors (Lipinski definition) is 3. The Morgan fingerprint density at radius 1 is 1.60 bits per heavy atom. The predicted octanol–water partition coefficient (Wildman–Crippen LogP) is 1.92. The summed E-state index contributed by atoms with van der Waals surface area (Å²) in [6.07, 6.45) is 1.55. The van der Waals surface area contributed by atoms with E-state index in [1.807, 2.05) is 11.8 Å². The molecule has 1 saturated heterocycles. The second-order valence-corrected chi connectivity index (χ2v) is 5.61. The van der Waals surface area contributed by atoms with Crippen molar-refractivity contribution in [3.8, 4) is 0 Å². The number of carboxylic acids is 1. The van der Waals surface area contributed by atoms with Crippen molar-refractivity contribution in [3.05, 3.63) is 0 Å². The van der Waals surface area contributed by atoms with Crippen LogP contribution in [-0.2, 0) is 4.79 Å². The summed E-state index contributed by atoms with van der Waals surface area (Å²) in [5, 5.41) is 8.67. The van der Waals surface area contributed by atoms with Crippen LogP contribution in [0.2, 0.25) is 0 Å². The van der Waals surface area contributed by atoms with Gasteiger partial charge in [-0.15, -0.1) is 0 Å². The Kier molecular flexibility index (Phi) is 5.47. The van der Waals surface area contributed by atoms with E-state index in [4.69, 9.17) is 5.11 Å². The fraction of sp³-hybridized carbons (Fsp3) is 0.909. The molecule has 88 valence electrons. The molecule has 0 amide bonds. The van der Waals surface area contributed by atoms with Crippen LogP contribution in [0.25, 0.3) is 0 Å². The van der Waals surface area contributed by atoms with E-state index in [9.17, 15) is 4.79 Å². The van der Waals surface area contributed by atoms with E-state index in [0.717, 1.165) is 12.5 Å². The quantitative estimate of drug-likeness (QED) is 0.758. The third-order valence-electron chi connectivity index (χ3n) is 2.86. The summed E-state index contributed by atoms with van der Waals surface area (Å²) in [5.41, 5.74) is 0. The zero-order valence-corrected chi connectivity index (χ0v) is 10.4. The number of hydrogen-bond donors (Lipinski definition) is 1. The van der Waals surface area contributed by atoms with Crippen molar-refractivity contribution in [1.82, 2.24) is 4.90 Å². The van der Waals surface area contributed by atoms with Crippen LogP contribution < -0.4 is 0 Å². The van der Waals surface area contributed by atoms with Crippen molar-refractivity contribution in [2.45, 2.75) is 32.7 Å². The molecule has 15 heavy (non-hydrogen) atoms. The number of rotatable bonds is 6. The van der Waals surface area contributed by atoms with E-state index >= 15 is 0 Å². The molecule has 0 spiro atoms. The highest BCUT2D eigenvalue weighted by atomic mass is 32.2. The van der Waals surface area contributed by atoms with Crippen LogP contribution >= 0.6 is 11.8 Å². The molecule has 1 rings (SSSR count). The first-order valence-corrected chi connectivity index (χ1v) is 6.78. The van der Waals surface area contributed by atoms with Crippen molar-refractivity contribution in [3.63, 3.8) is 0 Å². The molecule has 1 N–H and O–H groups in total. The van der Waals surface area contributed by atoms with Gasteiger partial charge in [-0.05, 0) is 37.7 Å². The lowest BCUT2D eigenvalue weighted by atomic mass is 10.1. The molecular formula is C11H21NO2S. The zero-order chi connectivity index (χ0) is 11.3. The molecule has 0 bridgehead atoms. The Bertz CT molecular complexity index is 203. The highest BCUT2D eigenvalue weighted by Gasteiger charge is 2.20. The lowest BCUT2D eigenvalue weighted by molar-refractivity contribution is -0.137. The molecule has 0 radical (unpaired) electrons. The van der Waals surface area contributed by atoms with Crippen molar-refractivity contribution >= 4 is 17.7 Å². The Morgan fingerprint density at radius 3 is 2.80 bits per heavy atom. The Hall–Kier alpha value is -0.220. The van der Waals surface area contributed by atoms with Crippen molar-refractivity contribution in [1.29, 1.82) is 0 Å². The molecule has 0 saturated carbocycles. The summed E-state index contributed by atoms with van der Waals surface area (Å²) in [7, 11) is 0. The Balaban J connectivity index is 2.32. The molecule has 4 heteroatoms. The minimum absolute atomic E-state index is 0.262. The topological polar surface area (TPSA) is 40.5 Å². The van der Waals surface area contributed by atoms with Gasteiger partial charge in [0.1, 0.15) is 0 Å². The van der Waals surface area contributed by atoms with Crippen LogP contribution in [0.3, 0.4) is 0 Å². The first-order valence-electron chi connectivity index (χ1n) is 5.63.